The van der Waals surface area contributed by atoms with Crippen molar-refractivity contribution in [3.8, 4) is 0 Å². The first-order chi connectivity index (χ1) is 21.3. The van der Waals surface area contributed by atoms with Gasteiger partial charge in [-0.3, -0.25) is 0 Å². The van der Waals surface area contributed by atoms with Gasteiger partial charge < -0.3 is 28.4 Å². The molecule has 0 aliphatic carbocycles. The van der Waals surface area contributed by atoms with Crippen LogP contribution in [0, 0.1) is 0 Å². The lowest BCUT2D eigenvalue weighted by molar-refractivity contribution is -0.326. The predicted octanol–water partition coefficient (Wildman–Crippen LogP) is 6.89. The van der Waals surface area contributed by atoms with Crippen LogP contribution >= 0.6 is 0 Å². The minimum Gasteiger partial charge on any atom is -0.374 e. The molecule has 6 nitrogen and oxygen atoms in total. The Bertz CT molecular complexity index is 1320. The Morgan fingerprint density at radius 2 is 0.930 bits per heavy atom. The molecule has 2 unspecified atom stereocenters. The standard InChI is InChI=1S/C37H40O6/c1-2-23-39-37-36(42-27-32-21-13-6-14-22-32)35(41-26-31-19-11-5-12-20-31)34(40-25-30-17-9-4-10-18-30)33(43-37)28-38-24-29-15-7-3-8-16-29/h2-22,33-37H,1,23-28H2/t33?,34-,35-,36?,37+/m1/s1. The quantitative estimate of drug-likeness (QED) is 0.135. The van der Waals surface area contributed by atoms with Crippen molar-refractivity contribution in [3.63, 3.8) is 0 Å². The van der Waals surface area contributed by atoms with E-state index in [-0.39, 0.29) is 0 Å². The lowest BCUT2D eigenvalue weighted by atomic mass is 9.97. The molecule has 1 fully saturated rings. The molecule has 0 radical (unpaired) electrons. The number of hydrogen-bond acceptors (Lipinski definition) is 6. The number of ether oxygens (including phenoxy) is 6. The summed E-state index contributed by atoms with van der Waals surface area (Å²) < 4.78 is 38.8. The van der Waals surface area contributed by atoms with Crippen LogP contribution in [-0.4, -0.2) is 43.9 Å². The summed E-state index contributed by atoms with van der Waals surface area (Å²) in [6.07, 6.45) is -1.07. The van der Waals surface area contributed by atoms with Gasteiger partial charge in [0.05, 0.1) is 39.6 Å². The normalized spacial score (nSPS) is 21.8. The van der Waals surface area contributed by atoms with Crippen molar-refractivity contribution < 1.29 is 28.4 Å². The highest BCUT2D eigenvalue weighted by atomic mass is 16.7. The van der Waals surface area contributed by atoms with E-state index in [9.17, 15) is 0 Å². The summed E-state index contributed by atoms with van der Waals surface area (Å²) in [6.45, 7) is 6.02. The lowest BCUT2D eigenvalue weighted by Gasteiger charge is -2.45. The van der Waals surface area contributed by atoms with E-state index >= 15 is 0 Å². The van der Waals surface area contributed by atoms with Crippen molar-refractivity contribution in [1.82, 2.24) is 0 Å². The van der Waals surface area contributed by atoms with Crippen molar-refractivity contribution in [3.05, 3.63) is 156 Å². The van der Waals surface area contributed by atoms with Crippen LogP contribution in [0.15, 0.2) is 134 Å². The van der Waals surface area contributed by atoms with E-state index in [1.165, 1.54) is 0 Å². The van der Waals surface area contributed by atoms with Gasteiger partial charge in [-0.25, -0.2) is 0 Å². The molecule has 6 heteroatoms. The second-order valence-corrected chi connectivity index (χ2v) is 10.4. The van der Waals surface area contributed by atoms with Gasteiger partial charge in [0, 0.05) is 0 Å². The summed E-state index contributed by atoms with van der Waals surface area (Å²) in [5.74, 6) is 0. The van der Waals surface area contributed by atoms with Gasteiger partial charge in [-0.15, -0.1) is 6.58 Å². The van der Waals surface area contributed by atoms with E-state index in [0.717, 1.165) is 22.3 Å². The van der Waals surface area contributed by atoms with Crippen LogP contribution in [0.3, 0.4) is 0 Å². The molecule has 5 atom stereocenters. The van der Waals surface area contributed by atoms with Gasteiger partial charge >= 0.3 is 0 Å². The molecule has 1 saturated heterocycles. The van der Waals surface area contributed by atoms with Crippen molar-refractivity contribution in [2.24, 2.45) is 0 Å². The number of hydrogen-bond donors (Lipinski definition) is 0. The van der Waals surface area contributed by atoms with Crippen LogP contribution in [0.2, 0.25) is 0 Å². The minimum absolute atomic E-state index is 0.291. The van der Waals surface area contributed by atoms with E-state index in [1.807, 2.05) is 121 Å². The van der Waals surface area contributed by atoms with Gasteiger partial charge in [0.1, 0.15) is 24.4 Å². The van der Waals surface area contributed by atoms with E-state index in [4.69, 9.17) is 28.4 Å². The van der Waals surface area contributed by atoms with Crippen LogP contribution < -0.4 is 0 Å². The molecule has 0 amide bonds. The molecule has 1 aliphatic rings. The third kappa shape index (κ3) is 9.43. The van der Waals surface area contributed by atoms with Crippen molar-refractivity contribution >= 4 is 0 Å². The highest BCUT2D eigenvalue weighted by molar-refractivity contribution is 5.16. The second kappa shape index (κ2) is 16.9. The van der Waals surface area contributed by atoms with Gasteiger partial charge in [0.2, 0.25) is 0 Å². The smallest absolute Gasteiger partial charge is 0.187 e. The zero-order chi connectivity index (χ0) is 29.5. The maximum absolute atomic E-state index is 6.68. The molecule has 0 bridgehead atoms. The minimum atomic E-state index is -0.718. The second-order valence-electron chi connectivity index (χ2n) is 10.4. The highest BCUT2D eigenvalue weighted by Gasteiger charge is 2.49. The molecule has 0 aromatic heterocycles. The molecule has 0 N–H and O–H groups in total. The van der Waals surface area contributed by atoms with Crippen molar-refractivity contribution in [2.45, 2.75) is 57.1 Å². The maximum atomic E-state index is 6.68. The fourth-order valence-corrected chi connectivity index (χ4v) is 5.04. The summed E-state index contributed by atoms with van der Waals surface area (Å²) in [7, 11) is 0. The van der Waals surface area contributed by atoms with E-state index in [1.54, 1.807) is 6.08 Å². The molecule has 4 aromatic carbocycles. The van der Waals surface area contributed by atoms with Crippen molar-refractivity contribution in [2.75, 3.05) is 13.2 Å². The van der Waals surface area contributed by atoms with Gasteiger partial charge in [-0.1, -0.05) is 127 Å². The van der Waals surface area contributed by atoms with Gasteiger partial charge in [0.25, 0.3) is 0 Å². The summed E-state index contributed by atoms with van der Waals surface area (Å²) in [5, 5.41) is 0. The Morgan fingerprint density at radius 3 is 1.40 bits per heavy atom. The predicted molar refractivity (Wildman–Crippen MR) is 166 cm³/mol. The third-order valence-electron chi connectivity index (χ3n) is 7.22. The first kappa shape index (κ1) is 30.8. The molecular weight excluding hydrogens is 540 g/mol. The van der Waals surface area contributed by atoms with Crippen LogP contribution in [-0.2, 0) is 54.8 Å². The molecule has 4 aromatic rings. The van der Waals surface area contributed by atoms with Crippen LogP contribution in [0.1, 0.15) is 22.3 Å². The Labute approximate surface area is 254 Å². The highest BCUT2D eigenvalue weighted by Crippen LogP contribution is 2.31. The van der Waals surface area contributed by atoms with Crippen LogP contribution in [0.4, 0.5) is 0 Å². The molecule has 0 spiro atoms. The summed E-state index contributed by atoms with van der Waals surface area (Å²) >= 11 is 0. The summed E-state index contributed by atoms with van der Waals surface area (Å²) in [5.41, 5.74) is 4.24. The molecule has 5 rings (SSSR count). The van der Waals surface area contributed by atoms with Crippen molar-refractivity contribution in [1.29, 1.82) is 0 Å². The zero-order valence-corrected chi connectivity index (χ0v) is 24.4. The third-order valence-corrected chi connectivity index (χ3v) is 7.22. The summed E-state index contributed by atoms with van der Waals surface area (Å²) in [6, 6.07) is 40.3. The number of rotatable bonds is 16. The SMILES string of the molecule is C=CCO[C@H]1OC(COCc2ccccc2)[C@@H](OCc2ccccc2)[C@@H](OCc2ccccc2)C1OCc1ccccc1. The first-order valence-corrected chi connectivity index (χ1v) is 14.8. The monoisotopic (exact) mass is 580 g/mol. The Kier molecular flexibility index (Phi) is 12.1. The Morgan fingerprint density at radius 1 is 0.512 bits per heavy atom. The van der Waals surface area contributed by atoms with E-state index < -0.39 is 30.7 Å². The molecule has 224 valence electrons. The Hall–Kier alpha value is -3.62. The molecule has 43 heavy (non-hydrogen) atoms. The largest absolute Gasteiger partial charge is 0.374 e. The number of benzene rings is 4. The molecular formula is C37H40O6. The molecule has 1 heterocycles. The zero-order valence-electron chi connectivity index (χ0n) is 24.4. The Balaban J connectivity index is 1.41. The summed E-state index contributed by atoms with van der Waals surface area (Å²) in [4.78, 5) is 0. The van der Waals surface area contributed by atoms with E-state index in [2.05, 4.69) is 6.58 Å². The maximum Gasteiger partial charge on any atom is 0.187 e. The van der Waals surface area contributed by atoms with Gasteiger partial charge in [0.15, 0.2) is 6.29 Å². The lowest BCUT2D eigenvalue weighted by Crippen LogP contribution is -2.61. The van der Waals surface area contributed by atoms with E-state index in [0.29, 0.717) is 39.6 Å². The first-order valence-electron chi connectivity index (χ1n) is 14.8. The fraction of sp³-hybridized carbons (Fsp3) is 0.297. The average molecular weight is 581 g/mol. The van der Waals surface area contributed by atoms with Crippen LogP contribution in [0.25, 0.3) is 0 Å². The average Bonchev–Trinajstić information content (AvgIpc) is 3.07. The fourth-order valence-electron chi connectivity index (χ4n) is 5.04. The van der Waals surface area contributed by atoms with Gasteiger partial charge in [-0.2, -0.15) is 0 Å². The topological polar surface area (TPSA) is 55.4 Å². The molecule has 0 saturated carbocycles. The molecule has 1 aliphatic heterocycles. The van der Waals surface area contributed by atoms with Crippen LogP contribution in [0.5, 0.6) is 0 Å². The van der Waals surface area contributed by atoms with Gasteiger partial charge in [-0.05, 0) is 22.3 Å².